The number of pyridine rings is 1. The first-order valence-corrected chi connectivity index (χ1v) is 8.56. The van der Waals surface area contributed by atoms with Gasteiger partial charge in [0.15, 0.2) is 0 Å². The van der Waals surface area contributed by atoms with Gasteiger partial charge in [0, 0.05) is 18.8 Å². The van der Waals surface area contributed by atoms with Crippen molar-refractivity contribution >= 4 is 11.9 Å². The van der Waals surface area contributed by atoms with E-state index in [2.05, 4.69) is 22.9 Å². The van der Waals surface area contributed by atoms with Crippen molar-refractivity contribution in [2.45, 2.75) is 59.1 Å². The molecule has 2 heterocycles. The molecule has 0 saturated carbocycles. The fraction of sp³-hybridized carbons (Fsp3) is 0.667. The molecule has 0 unspecified atom stereocenters. The maximum Gasteiger partial charge on any atom is 0.415 e. The van der Waals surface area contributed by atoms with Crippen molar-refractivity contribution in [1.29, 1.82) is 0 Å². The average molecular weight is 319 g/mol. The smallest absolute Gasteiger partial charge is 0.415 e. The number of carbonyl (C=O) groups is 1. The monoisotopic (exact) mass is 319 g/mol. The van der Waals surface area contributed by atoms with Gasteiger partial charge >= 0.3 is 6.09 Å². The molecule has 0 aliphatic carbocycles. The number of anilines is 1. The lowest BCUT2D eigenvalue weighted by molar-refractivity contribution is 0.0581. The summed E-state index contributed by atoms with van der Waals surface area (Å²) in [6.45, 7) is 12.5. The van der Waals surface area contributed by atoms with Crippen molar-refractivity contribution in [3.05, 3.63) is 23.9 Å². The van der Waals surface area contributed by atoms with Gasteiger partial charge in [-0.05, 0) is 65.3 Å². The van der Waals surface area contributed by atoms with Gasteiger partial charge in [0.25, 0.3) is 0 Å². The van der Waals surface area contributed by atoms with Gasteiger partial charge in [-0.3, -0.25) is 9.80 Å². The summed E-state index contributed by atoms with van der Waals surface area (Å²) in [4.78, 5) is 20.8. The van der Waals surface area contributed by atoms with Crippen LogP contribution in [0.4, 0.5) is 10.6 Å². The molecule has 0 spiro atoms. The van der Waals surface area contributed by atoms with Crippen LogP contribution in [0.3, 0.4) is 0 Å². The number of carbonyl (C=O) groups excluding carboxylic acids is 1. The minimum atomic E-state index is -0.504. The molecule has 1 aliphatic heterocycles. The average Bonchev–Trinajstić information content (AvgIpc) is 2.95. The molecular weight excluding hydrogens is 290 g/mol. The largest absolute Gasteiger partial charge is 0.443 e. The van der Waals surface area contributed by atoms with Crippen LogP contribution in [0.25, 0.3) is 0 Å². The van der Waals surface area contributed by atoms with Crippen molar-refractivity contribution in [2.24, 2.45) is 0 Å². The summed E-state index contributed by atoms with van der Waals surface area (Å²) in [5.41, 5.74) is 0.726. The second kappa shape index (κ2) is 7.30. The molecule has 0 bridgehead atoms. The van der Waals surface area contributed by atoms with E-state index in [9.17, 15) is 4.79 Å². The number of nitrogens with zero attached hydrogens (tertiary/aromatic N) is 3. The molecule has 2 rings (SSSR count). The summed E-state index contributed by atoms with van der Waals surface area (Å²) in [6.07, 6.45) is 3.97. The van der Waals surface area contributed by atoms with E-state index < -0.39 is 5.60 Å². The number of amides is 1. The second-order valence-corrected chi connectivity index (χ2v) is 6.96. The normalized spacial score (nSPS) is 18.9. The molecule has 0 aromatic carbocycles. The lowest BCUT2D eigenvalue weighted by atomic mass is 10.1. The predicted molar refractivity (Wildman–Crippen MR) is 92.7 cm³/mol. The first-order valence-electron chi connectivity index (χ1n) is 8.56. The van der Waals surface area contributed by atoms with Gasteiger partial charge < -0.3 is 4.74 Å². The SMILES string of the molecule is CCN(C(=O)OC(C)(C)C)c1ccc([C@H]2CCCN2CC)cn1. The van der Waals surface area contributed by atoms with Crippen LogP contribution in [0, 0.1) is 0 Å². The summed E-state index contributed by atoms with van der Waals surface area (Å²) < 4.78 is 5.45. The molecule has 1 fully saturated rings. The molecule has 1 saturated heterocycles. The molecule has 5 nitrogen and oxygen atoms in total. The van der Waals surface area contributed by atoms with Crippen LogP contribution in [-0.2, 0) is 4.74 Å². The minimum Gasteiger partial charge on any atom is -0.443 e. The molecule has 1 atom stereocenters. The summed E-state index contributed by atoms with van der Waals surface area (Å²) in [5, 5.41) is 0. The highest BCUT2D eigenvalue weighted by atomic mass is 16.6. The lowest BCUT2D eigenvalue weighted by Gasteiger charge is -2.26. The number of hydrogen-bond acceptors (Lipinski definition) is 4. The lowest BCUT2D eigenvalue weighted by Crippen LogP contribution is -2.37. The Hall–Kier alpha value is -1.62. The van der Waals surface area contributed by atoms with E-state index in [1.165, 1.54) is 18.4 Å². The third-order valence-corrected chi connectivity index (χ3v) is 4.13. The van der Waals surface area contributed by atoms with Crippen LogP contribution >= 0.6 is 0 Å². The van der Waals surface area contributed by atoms with E-state index in [-0.39, 0.29) is 6.09 Å². The third-order valence-electron chi connectivity index (χ3n) is 4.13. The number of rotatable bonds is 4. The highest BCUT2D eigenvalue weighted by Gasteiger charge is 2.26. The van der Waals surface area contributed by atoms with Crippen molar-refractivity contribution in [1.82, 2.24) is 9.88 Å². The number of likely N-dealkylation sites (tertiary alicyclic amines) is 1. The summed E-state index contributed by atoms with van der Waals surface area (Å²) in [6, 6.07) is 4.47. The molecule has 23 heavy (non-hydrogen) atoms. The molecule has 5 heteroatoms. The Kier molecular flexibility index (Phi) is 5.63. The Bertz CT molecular complexity index is 522. The molecule has 128 valence electrons. The Labute approximate surface area is 139 Å². The summed E-state index contributed by atoms with van der Waals surface area (Å²) in [7, 11) is 0. The van der Waals surface area contributed by atoms with E-state index in [0.717, 1.165) is 13.1 Å². The summed E-state index contributed by atoms with van der Waals surface area (Å²) >= 11 is 0. The molecule has 0 N–H and O–H groups in total. The van der Waals surface area contributed by atoms with Crippen LogP contribution in [0.15, 0.2) is 18.3 Å². The quantitative estimate of drug-likeness (QED) is 0.841. The van der Waals surface area contributed by atoms with E-state index in [1.54, 1.807) is 4.90 Å². The van der Waals surface area contributed by atoms with Gasteiger partial charge in [-0.15, -0.1) is 0 Å². The number of ether oxygens (including phenoxy) is 1. The van der Waals surface area contributed by atoms with E-state index >= 15 is 0 Å². The second-order valence-electron chi connectivity index (χ2n) is 6.96. The van der Waals surface area contributed by atoms with Crippen LogP contribution in [-0.4, -0.2) is 41.2 Å². The van der Waals surface area contributed by atoms with Crippen LogP contribution in [0.1, 0.15) is 59.1 Å². The van der Waals surface area contributed by atoms with Crippen molar-refractivity contribution < 1.29 is 9.53 Å². The van der Waals surface area contributed by atoms with Crippen molar-refractivity contribution in [3.8, 4) is 0 Å². The third kappa shape index (κ3) is 4.44. The molecule has 1 aromatic rings. The van der Waals surface area contributed by atoms with Crippen molar-refractivity contribution in [2.75, 3.05) is 24.5 Å². The zero-order valence-electron chi connectivity index (χ0n) is 15.0. The Morgan fingerprint density at radius 3 is 2.65 bits per heavy atom. The Morgan fingerprint density at radius 1 is 1.39 bits per heavy atom. The van der Waals surface area contributed by atoms with E-state index in [0.29, 0.717) is 18.4 Å². The zero-order chi connectivity index (χ0) is 17.0. The fourth-order valence-corrected chi connectivity index (χ4v) is 3.04. The molecule has 1 amide bonds. The summed E-state index contributed by atoms with van der Waals surface area (Å²) in [5.74, 6) is 0.645. The maximum absolute atomic E-state index is 12.3. The zero-order valence-corrected chi connectivity index (χ0v) is 15.0. The predicted octanol–water partition coefficient (Wildman–Crippen LogP) is 4.00. The standard InChI is InChI=1S/C18H29N3O2/c1-6-20-12-8-9-15(20)14-10-11-16(19-13-14)21(7-2)17(22)23-18(3,4)5/h10-11,13,15H,6-9,12H2,1-5H3/t15-/m1/s1. The van der Waals surface area contributed by atoms with Crippen LogP contribution in [0.5, 0.6) is 0 Å². The minimum absolute atomic E-state index is 0.351. The highest BCUT2D eigenvalue weighted by molar-refractivity contribution is 5.86. The molecule has 0 radical (unpaired) electrons. The Balaban J connectivity index is 2.12. The first-order chi connectivity index (χ1) is 10.9. The van der Waals surface area contributed by atoms with Gasteiger partial charge in [0.05, 0.1) is 0 Å². The van der Waals surface area contributed by atoms with Gasteiger partial charge in [0.2, 0.25) is 0 Å². The maximum atomic E-state index is 12.3. The molecule has 1 aliphatic rings. The van der Waals surface area contributed by atoms with Crippen LogP contribution in [0.2, 0.25) is 0 Å². The molecule has 1 aromatic heterocycles. The van der Waals surface area contributed by atoms with Gasteiger partial charge in [-0.1, -0.05) is 13.0 Å². The van der Waals surface area contributed by atoms with Gasteiger partial charge in [0.1, 0.15) is 11.4 Å². The van der Waals surface area contributed by atoms with Gasteiger partial charge in [-0.2, -0.15) is 0 Å². The highest BCUT2D eigenvalue weighted by Crippen LogP contribution is 2.31. The van der Waals surface area contributed by atoms with E-state index in [1.807, 2.05) is 40.0 Å². The van der Waals surface area contributed by atoms with Crippen molar-refractivity contribution in [3.63, 3.8) is 0 Å². The van der Waals surface area contributed by atoms with E-state index in [4.69, 9.17) is 4.74 Å². The fourth-order valence-electron chi connectivity index (χ4n) is 3.04. The first kappa shape index (κ1) is 17.7. The van der Waals surface area contributed by atoms with Gasteiger partial charge in [-0.25, -0.2) is 9.78 Å². The number of hydrogen-bond donors (Lipinski definition) is 0. The number of aromatic nitrogens is 1. The Morgan fingerprint density at radius 2 is 2.13 bits per heavy atom. The van der Waals surface area contributed by atoms with Crippen LogP contribution < -0.4 is 4.90 Å². The molecular formula is C18H29N3O2. The topological polar surface area (TPSA) is 45.7 Å².